The van der Waals surface area contributed by atoms with Crippen molar-refractivity contribution in [2.24, 2.45) is 5.92 Å². The molecule has 0 aromatic carbocycles. The highest BCUT2D eigenvalue weighted by Crippen LogP contribution is 2.29. The molecule has 1 saturated carbocycles. The molecule has 0 radical (unpaired) electrons. The first-order chi connectivity index (χ1) is 7.31. The van der Waals surface area contributed by atoms with Crippen molar-refractivity contribution in [3.8, 4) is 6.07 Å². The van der Waals surface area contributed by atoms with Crippen LogP contribution in [0, 0.1) is 17.2 Å². The van der Waals surface area contributed by atoms with Crippen molar-refractivity contribution < 1.29 is 4.79 Å². The highest BCUT2D eigenvalue weighted by atomic mass is 32.1. The summed E-state index contributed by atoms with van der Waals surface area (Å²) in [5.74, 6) is 0.463. The second-order valence-corrected chi connectivity index (χ2v) is 5.06. The molecule has 2 nitrogen and oxygen atoms in total. The second kappa shape index (κ2) is 4.59. The molecular formula is C12H13NOS. The molecule has 15 heavy (non-hydrogen) atoms. The molecule has 1 aliphatic carbocycles. The smallest absolute Gasteiger partial charge is 0.175 e. The molecule has 0 aliphatic heterocycles. The van der Waals surface area contributed by atoms with E-state index >= 15 is 0 Å². The zero-order valence-electron chi connectivity index (χ0n) is 8.53. The third kappa shape index (κ3) is 2.27. The van der Waals surface area contributed by atoms with Crippen molar-refractivity contribution in [2.45, 2.75) is 32.1 Å². The molecule has 0 atom stereocenters. The first-order valence-electron chi connectivity index (χ1n) is 5.35. The van der Waals surface area contributed by atoms with Crippen molar-refractivity contribution >= 4 is 17.1 Å². The Morgan fingerprint density at radius 1 is 1.33 bits per heavy atom. The van der Waals surface area contributed by atoms with Gasteiger partial charge in [0.15, 0.2) is 5.78 Å². The lowest BCUT2D eigenvalue weighted by Gasteiger charge is -2.19. The SMILES string of the molecule is N#Cc1ccc(C(=O)C2CCCCC2)s1. The fourth-order valence-corrected chi connectivity index (χ4v) is 2.92. The average Bonchev–Trinajstić information content (AvgIpc) is 2.78. The number of nitrogens with zero attached hydrogens (tertiary/aromatic N) is 1. The topological polar surface area (TPSA) is 40.9 Å². The lowest BCUT2D eigenvalue weighted by Crippen LogP contribution is -2.16. The van der Waals surface area contributed by atoms with E-state index in [1.165, 1.54) is 30.6 Å². The van der Waals surface area contributed by atoms with Gasteiger partial charge in [-0.3, -0.25) is 4.79 Å². The Balaban J connectivity index is 2.09. The van der Waals surface area contributed by atoms with Crippen LogP contribution in [0.4, 0.5) is 0 Å². The predicted molar refractivity (Wildman–Crippen MR) is 59.9 cm³/mol. The van der Waals surface area contributed by atoms with E-state index in [4.69, 9.17) is 5.26 Å². The van der Waals surface area contributed by atoms with Crippen molar-refractivity contribution in [1.29, 1.82) is 5.26 Å². The normalized spacial score (nSPS) is 17.3. The fraction of sp³-hybridized carbons (Fsp3) is 0.500. The van der Waals surface area contributed by atoms with Gasteiger partial charge in [0.2, 0.25) is 0 Å². The van der Waals surface area contributed by atoms with Gasteiger partial charge < -0.3 is 0 Å². The Hall–Kier alpha value is -1.14. The van der Waals surface area contributed by atoms with E-state index in [9.17, 15) is 4.79 Å². The summed E-state index contributed by atoms with van der Waals surface area (Å²) in [6.07, 6.45) is 5.66. The van der Waals surface area contributed by atoms with Gasteiger partial charge in [-0.2, -0.15) is 5.26 Å². The van der Waals surface area contributed by atoms with Crippen LogP contribution < -0.4 is 0 Å². The summed E-state index contributed by atoms with van der Waals surface area (Å²) < 4.78 is 0. The largest absolute Gasteiger partial charge is 0.293 e. The number of carbonyl (C=O) groups is 1. The Morgan fingerprint density at radius 3 is 2.67 bits per heavy atom. The Labute approximate surface area is 93.5 Å². The number of nitriles is 1. The van der Waals surface area contributed by atoms with Gasteiger partial charge in [0.25, 0.3) is 0 Å². The number of thiophene rings is 1. The lowest BCUT2D eigenvalue weighted by atomic mass is 9.86. The van der Waals surface area contributed by atoms with Gasteiger partial charge in [-0.1, -0.05) is 19.3 Å². The van der Waals surface area contributed by atoms with Crippen LogP contribution in [0.3, 0.4) is 0 Å². The standard InChI is InChI=1S/C12H13NOS/c13-8-10-6-7-11(15-10)12(14)9-4-2-1-3-5-9/h6-7,9H,1-5H2. The number of carbonyl (C=O) groups excluding carboxylic acids is 1. The zero-order chi connectivity index (χ0) is 10.7. The van der Waals surface area contributed by atoms with E-state index in [0.29, 0.717) is 4.88 Å². The van der Waals surface area contributed by atoms with Crippen LogP contribution >= 0.6 is 11.3 Å². The summed E-state index contributed by atoms with van der Waals surface area (Å²) in [4.78, 5) is 13.4. The summed E-state index contributed by atoms with van der Waals surface area (Å²) in [6, 6.07) is 5.60. The molecule has 78 valence electrons. The minimum Gasteiger partial charge on any atom is -0.293 e. The van der Waals surface area contributed by atoms with E-state index in [2.05, 4.69) is 6.07 Å². The van der Waals surface area contributed by atoms with E-state index < -0.39 is 0 Å². The number of Topliss-reactive ketones (excluding diaryl/α,β-unsaturated/α-hetero) is 1. The zero-order valence-corrected chi connectivity index (χ0v) is 9.35. The van der Waals surface area contributed by atoms with Crippen LogP contribution in [0.25, 0.3) is 0 Å². The maximum atomic E-state index is 12.0. The van der Waals surface area contributed by atoms with Crippen molar-refractivity contribution in [1.82, 2.24) is 0 Å². The number of hydrogen-bond donors (Lipinski definition) is 0. The maximum absolute atomic E-state index is 12.0. The van der Waals surface area contributed by atoms with E-state index in [-0.39, 0.29) is 11.7 Å². The molecule has 0 spiro atoms. The first-order valence-corrected chi connectivity index (χ1v) is 6.17. The van der Waals surface area contributed by atoms with Crippen LogP contribution in [-0.2, 0) is 0 Å². The molecule has 1 aromatic heterocycles. The van der Waals surface area contributed by atoms with Gasteiger partial charge in [-0.15, -0.1) is 11.3 Å². The molecule has 0 saturated heterocycles. The van der Waals surface area contributed by atoms with Crippen LogP contribution in [0.2, 0.25) is 0 Å². The number of ketones is 1. The molecule has 3 heteroatoms. The highest BCUT2D eigenvalue weighted by Gasteiger charge is 2.23. The molecular weight excluding hydrogens is 206 g/mol. The van der Waals surface area contributed by atoms with E-state index in [1.807, 2.05) is 0 Å². The molecule has 1 aromatic rings. The molecule has 1 fully saturated rings. The average molecular weight is 219 g/mol. The Kier molecular flexibility index (Phi) is 3.17. The molecule has 1 heterocycles. The molecule has 1 aliphatic rings. The number of hydrogen-bond acceptors (Lipinski definition) is 3. The predicted octanol–water partition coefficient (Wildman–Crippen LogP) is 3.38. The lowest BCUT2D eigenvalue weighted by molar-refractivity contribution is 0.0894. The van der Waals surface area contributed by atoms with Crippen LogP contribution in [0.1, 0.15) is 46.7 Å². The number of rotatable bonds is 2. The minimum atomic E-state index is 0.212. The van der Waals surface area contributed by atoms with Crippen LogP contribution in [-0.4, -0.2) is 5.78 Å². The monoisotopic (exact) mass is 219 g/mol. The van der Waals surface area contributed by atoms with Crippen LogP contribution in [0.5, 0.6) is 0 Å². The van der Waals surface area contributed by atoms with Gasteiger partial charge >= 0.3 is 0 Å². The maximum Gasteiger partial charge on any atom is 0.175 e. The Morgan fingerprint density at radius 2 is 2.07 bits per heavy atom. The summed E-state index contributed by atoms with van der Waals surface area (Å²) in [7, 11) is 0. The molecule has 2 rings (SSSR count). The van der Waals surface area contributed by atoms with Crippen molar-refractivity contribution in [2.75, 3.05) is 0 Å². The molecule has 0 amide bonds. The summed E-state index contributed by atoms with van der Waals surface area (Å²) in [5, 5.41) is 8.69. The van der Waals surface area contributed by atoms with E-state index in [1.54, 1.807) is 12.1 Å². The first kappa shape index (κ1) is 10.4. The third-order valence-electron chi connectivity index (χ3n) is 2.94. The fourth-order valence-electron chi connectivity index (χ4n) is 2.10. The van der Waals surface area contributed by atoms with E-state index in [0.717, 1.165) is 17.7 Å². The summed E-state index contributed by atoms with van der Waals surface area (Å²) in [6.45, 7) is 0. The summed E-state index contributed by atoms with van der Waals surface area (Å²) in [5.41, 5.74) is 0. The highest BCUT2D eigenvalue weighted by molar-refractivity contribution is 7.14. The summed E-state index contributed by atoms with van der Waals surface area (Å²) >= 11 is 1.32. The van der Waals surface area contributed by atoms with Gasteiger partial charge in [0.1, 0.15) is 10.9 Å². The van der Waals surface area contributed by atoms with Crippen molar-refractivity contribution in [3.63, 3.8) is 0 Å². The van der Waals surface area contributed by atoms with Crippen LogP contribution in [0.15, 0.2) is 12.1 Å². The third-order valence-corrected chi connectivity index (χ3v) is 3.94. The second-order valence-electron chi connectivity index (χ2n) is 3.97. The van der Waals surface area contributed by atoms with Gasteiger partial charge in [-0.05, 0) is 25.0 Å². The van der Waals surface area contributed by atoms with Gasteiger partial charge in [0, 0.05) is 5.92 Å². The van der Waals surface area contributed by atoms with Gasteiger partial charge in [-0.25, -0.2) is 0 Å². The van der Waals surface area contributed by atoms with Gasteiger partial charge in [0.05, 0.1) is 4.88 Å². The molecule has 0 N–H and O–H groups in total. The molecule has 0 bridgehead atoms. The molecule has 0 unspecified atom stereocenters. The quantitative estimate of drug-likeness (QED) is 0.715. The Bertz CT molecular complexity index is 396. The van der Waals surface area contributed by atoms with Crippen molar-refractivity contribution in [3.05, 3.63) is 21.9 Å². The minimum absolute atomic E-state index is 0.212.